The van der Waals surface area contributed by atoms with Crippen LogP contribution in [0.15, 0.2) is 54.6 Å². The van der Waals surface area contributed by atoms with Crippen molar-refractivity contribution in [2.45, 2.75) is 26.3 Å². The van der Waals surface area contributed by atoms with E-state index < -0.39 is 6.04 Å². The van der Waals surface area contributed by atoms with Gasteiger partial charge in [-0.1, -0.05) is 48.5 Å². The molecule has 0 unspecified atom stereocenters. The lowest BCUT2D eigenvalue weighted by Gasteiger charge is -2.28. The quantitative estimate of drug-likeness (QED) is 0.793. The van der Waals surface area contributed by atoms with E-state index in [1.165, 1.54) is 0 Å². The third-order valence-corrected chi connectivity index (χ3v) is 4.34. The first kappa shape index (κ1) is 19.5. The van der Waals surface area contributed by atoms with Crippen molar-refractivity contribution in [3.05, 3.63) is 65.7 Å². The molecule has 0 bridgehead atoms. The van der Waals surface area contributed by atoms with Crippen molar-refractivity contribution < 1.29 is 14.3 Å². The molecule has 5 heteroatoms. The molecule has 1 N–H and O–H groups in total. The number of rotatable bonds is 8. The first-order chi connectivity index (χ1) is 12.5. The topological polar surface area (TPSA) is 58.6 Å². The second-order valence-corrected chi connectivity index (χ2v) is 6.17. The Morgan fingerprint density at radius 1 is 1.08 bits per heavy atom. The van der Waals surface area contributed by atoms with Crippen LogP contribution in [0.25, 0.3) is 0 Å². The van der Waals surface area contributed by atoms with E-state index in [-0.39, 0.29) is 18.4 Å². The summed E-state index contributed by atoms with van der Waals surface area (Å²) < 4.78 is 5.67. The Kier molecular flexibility index (Phi) is 7.21. The second-order valence-electron chi connectivity index (χ2n) is 6.17. The third kappa shape index (κ3) is 5.34. The molecule has 2 aromatic carbocycles. The summed E-state index contributed by atoms with van der Waals surface area (Å²) in [6, 6.07) is 16.9. The molecule has 0 saturated carbocycles. The molecule has 138 valence electrons. The lowest BCUT2D eigenvalue weighted by Crippen LogP contribution is -2.49. The van der Waals surface area contributed by atoms with Gasteiger partial charge in [-0.25, -0.2) is 0 Å². The fraction of sp³-hybridized carbons (Fsp3) is 0.333. The van der Waals surface area contributed by atoms with Crippen molar-refractivity contribution >= 4 is 11.8 Å². The van der Waals surface area contributed by atoms with E-state index >= 15 is 0 Å². The number of hydrogen-bond donors (Lipinski definition) is 1. The third-order valence-electron chi connectivity index (χ3n) is 4.34. The van der Waals surface area contributed by atoms with Gasteiger partial charge in [-0.2, -0.15) is 0 Å². The van der Waals surface area contributed by atoms with E-state index in [0.29, 0.717) is 18.7 Å². The Balaban J connectivity index is 2.05. The zero-order chi connectivity index (χ0) is 18.9. The molecule has 0 aliphatic heterocycles. The normalized spacial score (nSPS) is 11.5. The number of hydrogen-bond acceptors (Lipinski definition) is 3. The molecule has 2 amide bonds. The maximum absolute atomic E-state index is 12.7. The summed E-state index contributed by atoms with van der Waals surface area (Å²) in [7, 11) is 1.57. The van der Waals surface area contributed by atoms with Crippen molar-refractivity contribution in [2.75, 3.05) is 20.2 Å². The van der Waals surface area contributed by atoms with Crippen LogP contribution in [0.2, 0.25) is 0 Å². The predicted octanol–water partition coefficient (Wildman–Crippen LogP) is 2.58. The fourth-order valence-corrected chi connectivity index (χ4v) is 2.72. The maximum atomic E-state index is 12.7. The van der Waals surface area contributed by atoms with Crippen LogP contribution in [0.5, 0.6) is 5.75 Å². The van der Waals surface area contributed by atoms with Crippen LogP contribution in [0, 0.1) is 6.92 Å². The van der Waals surface area contributed by atoms with E-state index in [1.807, 2.05) is 61.5 Å². The first-order valence-corrected chi connectivity index (χ1v) is 8.76. The average molecular weight is 354 g/mol. The molecule has 1 atom stereocenters. The molecule has 0 fully saturated rings. The number of carbonyl (C=O) groups is 2. The number of amides is 2. The van der Waals surface area contributed by atoms with Gasteiger partial charge in [-0.3, -0.25) is 9.59 Å². The lowest BCUT2D eigenvalue weighted by atomic mass is 10.1. The van der Waals surface area contributed by atoms with Crippen LogP contribution in [0.1, 0.15) is 18.1 Å². The fourth-order valence-electron chi connectivity index (χ4n) is 2.72. The Morgan fingerprint density at radius 3 is 2.38 bits per heavy atom. The minimum absolute atomic E-state index is 0.0963. The summed E-state index contributed by atoms with van der Waals surface area (Å²) in [5.41, 5.74) is 2.09. The number of likely N-dealkylation sites (N-methyl/N-ethyl adjacent to an activating group) is 1. The molecular weight excluding hydrogens is 328 g/mol. The van der Waals surface area contributed by atoms with Gasteiger partial charge in [0.2, 0.25) is 5.91 Å². The zero-order valence-corrected chi connectivity index (χ0v) is 15.6. The number of carbonyl (C=O) groups excluding carboxylic acids is 2. The van der Waals surface area contributed by atoms with Gasteiger partial charge in [0.25, 0.3) is 5.91 Å². The number of para-hydroxylation sites is 1. The van der Waals surface area contributed by atoms with E-state index in [4.69, 9.17) is 4.74 Å². The Bertz CT molecular complexity index is 731. The number of ether oxygens (including phenoxy) is 1. The lowest BCUT2D eigenvalue weighted by molar-refractivity contribution is -0.141. The van der Waals surface area contributed by atoms with Crippen LogP contribution in [-0.2, 0) is 16.0 Å². The van der Waals surface area contributed by atoms with E-state index in [1.54, 1.807) is 18.9 Å². The van der Waals surface area contributed by atoms with Gasteiger partial charge in [0, 0.05) is 13.6 Å². The molecule has 5 nitrogen and oxygen atoms in total. The minimum Gasteiger partial charge on any atom is -0.484 e. The van der Waals surface area contributed by atoms with E-state index in [2.05, 4.69) is 5.32 Å². The number of aryl methyl sites for hydroxylation is 1. The maximum Gasteiger partial charge on any atom is 0.261 e. The van der Waals surface area contributed by atoms with Gasteiger partial charge >= 0.3 is 0 Å². The summed E-state index contributed by atoms with van der Waals surface area (Å²) >= 11 is 0. The van der Waals surface area contributed by atoms with Crippen LogP contribution >= 0.6 is 0 Å². The molecule has 0 spiro atoms. The van der Waals surface area contributed by atoms with Gasteiger partial charge in [-0.15, -0.1) is 0 Å². The molecular formula is C21H26N2O3. The smallest absolute Gasteiger partial charge is 0.261 e. The molecule has 2 rings (SSSR count). The number of benzene rings is 2. The Morgan fingerprint density at radius 2 is 1.73 bits per heavy atom. The van der Waals surface area contributed by atoms with E-state index in [0.717, 1.165) is 11.1 Å². The highest BCUT2D eigenvalue weighted by molar-refractivity contribution is 5.87. The average Bonchev–Trinajstić information content (AvgIpc) is 2.67. The molecule has 0 saturated heterocycles. The van der Waals surface area contributed by atoms with Gasteiger partial charge < -0.3 is 15.0 Å². The van der Waals surface area contributed by atoms with Crippen LogP contribution < -0.4 is 10.1 Å². The molecule has 2 aromatic rings. The van der Waals surface area contributed by atoms with E-state index in [9.17, 15) is 9.59 Å². The standard InChI is InChI=1S/C21H26N2O3/c1-16-9-7-8-12-19(16)26-15-20(24)23(17(2)21(25)22-3)14-13-18-10-5-4-6-11-18/h4-12,17H,13-15H2,1-3H3,(H,22,25)/t17-/m1/s1. The van der Waals surface area contributed by atoms with Crippen LogP contribution in [-0.4, -0.2) is 43.0 Å². The molecule has 0 aromatic heterocycles. The highest BCUT2D eigenvalue weighted by Gasteiger charge is 2.25. The molecule has 26 heavy (non-hydrogen) atoms. The van der Waals surface area contributed by atoms with Crippen LogP contribution in [0.3, 0.4) is 0 Å². The minimum atomic E-state index is -0.559. The number of nitrogens with zero attached hydrogens (tertiary/aromatic N) is 1. The summed E-state index contributed by atoms with van der Waals surface area (Å²) in [6.45, 7) is 4.02. The summed E-state index contributed by atoms with van der Waals surface area (Å²) in [5, 5.41) is 2.61. The van der Waals surface area contributed by atoms with Gasteiger partial charge in [-0.05, 0) is 37.5 Å². The van der Waals surface area contributed by atoms with Gasteiger partial charge in [0.05, 0.1) is 0 Å². The largest absolute Gasteiger partial charge is 0.484 e. The number of nitrogens with one attached hydrogen (secondary N) is 1. The predicted molar refractivity (Wildman–Crippen MR) is 102 cm³/mol. The van der Waals surface area contributed by atoms with Crippen molar-refractivity contribution in [3.8, 4) is 5.75 Å². The first-order valence-electron chi connectivity index (χ1n) is 8.76. The van der Waals surface area contributed by atoms with Crippen molar-refractivity contribution in [3.63, 3.8) is 0 Å². The zero-order valence-electron chi connectivity index (χ0n) is 15.6. The SMILES string of the molecule is CNC(=O)[C@@H](C)N(CCc1ccccc1)C(=O)COc1ccccc1C. The monoisotopic (exact) mass is 354 g/mol. The van der Waals surface area contributed by atoms with Crippen molar-refractivity contribution in [2.24, 2.45) is 0 Å². The van der Waals surface area contributed by atoms with Gasteiger partial charge in [0.15, 0.2) is 6.61 Å². The summed E-state index contributed by atoms with van der Waals surface area (Å²) in [4.78, 5) is 26.4. The summed E-state index contributed by atoms with van der Waals surface area (Å²) in [5.74, 6) is 0.277. The molecule has 0 aliphatic carbocycles. The molecule has 0 radical (unpaired) electrons. The van der Waals surface area contributed by atoms with Crippen molar-refractivity contribution in [1.82, 2.24) is 10.2 Å². The van der Waals surface area contributed by atoms with Gasteiger partial charge in [0.1, 0.15) is 11.8 Å². The van der Waals surface area contributed by atoms with Crippen molar-refractivity contribution in [1.29, 1.82) is 0 Å². The Hall–Kier alpha value is -2.82. The second kappa shape index (κ2) is 9.61. The molecule has 0 heterocycles. The van der Waals surface area contributed by atoms with Crippen LogP contribution in [0.4, 0.5) is 0 Å². The molecule has 0 aliphatic rings. The highest BCUT2D eigenvalue weighted by Crippen LogP contribution is 2.16. The Labute approximate surface area is 155 Å². The summed E-state index contributed by atoms with van der Waals surface area (Å²) in [6.07, 6.45) is 0.679. The highest BCUT2D eigenvalue weighted by atomic mass is 16.5.